The fourth-order valence-electron chi connectivity index (χ4n) is 0.997. The first-order chi connectivity index (χ1) is 7.63. The first kappa shape index (κ1) is 16.0. The summed E-state index contributed by atoms with van der Waals surface area (Å²) < 4.78 is 18.3. The van der Waals surface area contributed by atoms with Crippen molar-refractivity contribution in [2.75, 3.05) is 19.0 Å². The van der Waals surface area contributed by atoms with Crippen LogP contribution in [0.25, 0.3) is 0 Å². The van der Waals surface area contributed by atoms with Crippen molar-refractivity contribution in [1.29, 1.82) is 0 Å². The van der Waals surface area contributed by atoms with Gasteiger partial charge in [0.05, 0.1) is 4.92 Å². The minimum atomic E-state index is -3.72. The normalized spacial score (nSPS) is 10.1. The molecule has 0 amide bonds. The number of benzene rings is 1. The molecule has 0 saturated carbocycles. The second-order valence-electron chi connectivity index (χ2n) is 3.02. The maximum atomic E-state index is 10.5. The van der Waals surface area contributed by atoms with Gasteiger partial charge in [-0.1, -0.05) is 12.1 Å². The van der Waals surface area contributed by atoms with Crippen LogP contribution in [-0.4, -0.2) is 27.4 Å². The molecule has 6 nitrogen and oxygen atoms in total. The molecule has 0 aliphatic rings. The number of hydrogen-bond donors (Lipinski definition) is 0. The number of para-hydroxylation sites is 2. The predicted octanol–water partition coefficient (Wildman–Crippen LogP) is 2.37. The van der Waals surface area contributed by atoms with Gasteiger partial charge in [0.15, 0.2) is 0 Å². The molecule has 0 spiro atoms. The highest BCUT2D eigenvalue weighted by atomic mass is 36.0. The van der Waals surface area contributed by atoms with Crippen molar-refractivity contribution in [3.8, 4) is 0 Å². The van der Waals surface area contributed by atoms with Crippen molar-refractivity contribution in [2.45, 2.75) is 0 Å². The van der Waals surface area contributed by atoms with Crippen LogP contribution in [0, 0.1) is 10.1 Å². The molecule has 0 bridgehead atoms. The summed E-state index contributed by atoms with van der Waals surface area (Å²) in [4.78, 5) is 11.8. The van der Waals surface area contributed by atoms with Gasteiger partial charge in [-0.3, -0.25) is 10.1 Å². The van der Waals surface area contributed by atoms with E-state index in [0.717, 1.165) is 0 Å². The van der Waals surface area contributed by atoms with E-state index in [2.05, 4.69) is 21.4 Å². The van der Waals surface area contributed by atoms with Gasteiger partial charge in [0, 0.05) is 41.5 Å². The Morgan fingerprint density at radius 3 is 1.94 bits per heavy atom. The van der Waals surface area contributed by atoms with Crippen LogP contribution in [0.4, 0.5) is 11.4 Å². The van der Waals surface area contributed by atoms with Crippen LogP contribution in [0.5, 0.6) is 0 Å². The van der Waals surface area contributed by atoms with Crippen LogP contribution < -0.4 is 4.90 Å². The van der Waals surface area contributed by atoms with Crippen LogP contribution >= 0.6 is 21.4 Å². The van der Waals surface area contributed by atoms with Gasteiger partial charge in [0.1, 0.15) is 5.69 Å². The van der Waals surface area contributed by atoms with E-state index in [1.54, 1.807) is 37.2 Å². The van der Waals surface area contributed by atoms with Crippen LogP contribution in [0.1, 0.15) is 0 Å². The Balaban J connectivity index is 0.000000437. The average molecular weight is 301 g/mol. The molecule has 0 atom stereocenters. The first-order valence-corrected chi connectivity index (χ1v) is 7.31. The Hall–Kier alpha value is -1.05. The van der Waals surface area contributed by atoms with Crippen molar-refractivity contribution in [3.63, 3.8) is 0 Å². The zero-order valence-corrected chi connectivity index (χ0v) is 11.3. The molecule has 0 heterocycles. The van der Waals surface area contributed by atoms with Gasteiger partial charge in [-0.2, -0.15) is 8.42 Å². The fraction of sp³-hybridized carbons (Fsp3) is 0.250. The van der Waals surface area contributed by atoms with Gasteiger partial charge < -0.3 is 4.90 Å². The molecule has 0 radical (unpaired) electrons. The summed E-state index contributed by atoms with van der Waals surface area (Å²) in [5.74, 6) is 0. The Morgan fingerprint density at radius 1 is 1.24 bits per heavy atom. The quantitative estimate of drug-likeness (QED) is 0.476. The molecule has 9 heteroatoms. The van der Waals surface area contributed by atoms with Crippen molar-refractivity contribution < 1.29 is 13.3 Å². The molecule has 0 aliphatic carbocycles. The Bertz CT molecular complexity index is 482. The van der Waals surface area contributed by atoms with Crippen molar-refractivity contribution in [2.24, 2.45) is 0 Å². The molecule has 1 aromatic carbocycles. The van der Waals surface area contributed by atoms with E-state index in [4.69, 9.17) is 8.42 Å². The van der Waals surface area contributed by atoms with E-state index in [1.165, 1.54) is 6.07 Å². The Kier molecular flexibility index (Phi) is 6.22. The number of anilines is 1. The largest absolute Gasteiger partial charge is 0.372 e. The molecule has 0 fully saturated rings. The van der Waals surface area contributed by atoms with Gasteiger partial charge in [0.2, 0.25) is 0 Å². The third-order valence-corrected chi connectivity index (χ3v) is 1.56. The van der Waals surface area contributed by atoms with Crippen LogP contribution in [0.2, 0.25) is 0 Å². The molecule has 96 valence electrons. The van der Waals surface area contributed by atoms with Crippen LogP contribution in [0.3, 0.4) is 0 Å². The monoisotopic (exact) mass is 300 g/mol. The molecule has 1 rings (SSSR count). The summed E-state index contributed by atoms with van der Waals surface area (Å²) >= 11 is 0. The number of nitrogens with zero attached hydrogens (tertiary/aromatic N) is 2. The topological polar surface area (TPSA) is 80.5 Å². The summed E-state index contributed by atoms with van der Waals surface area (Å²) in [6.07, 6.45) is 0. The molecule has 0 aromatic heterocycles. The summed E-state index contributed by atoms with van der Waals surface area (Å²) in [5, 5.41) is 10.5. The lowest BCUT2D eigenvalue weighted by molar-refractivity contribution is -0.384. The Labute approximate surface area is 108 Å². The van der Waals surface area contributed by atoms with E-state index < -0.39 is 8.26 Å². The molecular weight excluding hydrogens is 291 g/mol. The third-order valence-electron chi connectivity index (χ3n) is 1.56. The van der Waals surface area contributed by atoms with E-state index in [0.29, 0.717) is 5.69 Å². The number of nitro groups is 1. The maximum absolute atomic E-state index is 10.5. The molecule has 0 unspecified atom stereocenters. The lowest BCUT2D eigenvalue weighted by Gasteiger charge is -2.11. The van der Waals surface area contributed by atoms with Crippen molar-refractivity contribution >= 4 is 41.0 Å². The van der Waals surface area contributed by atoms with Crippen LogP contribution in [0.15, 0.2) is 24.3 Å². The lowest BCUT2D eigenvalue weighted by Crippen LogP contribution is -2.10. The van der Waals surface area contributed by atoms with Crippen LogP contribution in [-0.2, 0) is 8.26 Å². The number of nitro benzene ring substituents is 1. The maximum Gasteiger partial charge on any atom is 0.317 e. The zero-order chi connectivity index (χ0) is 13.6. The van der Waals surface area contributed by atoms with Crippen molar-refractivity contribution in [3.05, 3.63) is 34.4 Å². The molecule has 1 aromatic rings. The number of halogens is 2. The van der Waals surface area contributed by atoms with Gasteiger partial charge in [-0.25, -0.2) is 0 Å². The molecule has 0 saturated heterocycles. The summed E-state index contributed by atoms with van der Waals surface area (Å²) in [7, 11) is 8.37. The van der Waals surface area contributed by atoms with Crippen molar-refractivity contribution in [1.82, 2.24) is 0 Å². The van der Waals surface area contributed by atoms with E-state index in [-0.39, 0.29) is 10.6 Å². The average Bonchev–Trinajstić information content (AvgIpc) is 2.15. The fourth-order valence-corrected chi connectivity index (χ4v) is 0.997. The van der Waals surface area contributed by atoms with Gasteiger partial charge in [-0.15, -0.1) is 0 Å². The standard InChI is InChI=1S/C8H10N2O2.Cl2O2S/c1-9(2)7-5-3-4-6-8(7)10(11)12;1-5(2,3)4/h3-6H,1-2H3;. The molecular formula is C8H10Cl2N2O4S. The zero-order valence-electron chi connectivity index (χ0n) is 9.00. The highest BCUT2D eigenvalue weighted by Gasteiger charge is 2.12. The SMILES string of the molecule is CN(C)c1ccccc1[N+](=O)[O-].O=S(=O)(Cl)Cl. The molecule has 17 heavy (non-hydrogen) atoms. The highest BCUT2D eigenvalue weighted by molar-refractivity contribution is 8.31. The van der Waals surface area contributed by atoms with Gasteiger partial charge in [0.25, 0.3) is 5.69 Å². The smallest absolute Gasteiger partial charge is 0.317 e. The molecule has 0 N–H and O–H groups in total. The predicted molar refractivity (Wildman–Crippen MR) is 68.0 cm³/mol. The molecule has 0 aliphatic heterocycles. The summed E-state index contributed by atoms with van der Waals surface area (Å²) in [5.41, 5.74) is 0.769. The van der Waals surface area contributed by atoms with Gasteiger partial charge in [-0.05, 0) is 6.07 Å². The summed E-state index contributed by atoms with van der Waals surface area (Å²) in [6.45, 7) is 0. The second-order valence-corrected chi connectivity index (χ2v) is 6.69. The van der Waals surface area contributed by atoms with E-state index in [9.17, 15) is 10.1 Å². The Morgan fingerprint density at radius 2 is 1.65 bits per heavy atom. The van der Waals surface area contributed by atoms with Gasteiger partial charge >= 0.3 is 8.26 Å². The first-order valence-electron chi connectivity index (χ1n) is 4.18. The minimum absolute atomic E-state index is 0.141. The third kappa shape index (κ3) is 7.78. The van der Waals surface area contributed by atoms with E-state index >= 15 is 0 Å². The van der Waals surface area contributed by atoms with E-state index in [1.807, 2.05) is 0 Å². The second kappa shape index (κ2) is 6.63. The highest BCUT2D eigenvalue weighted by Crippen LogP contribution is 2.24. The number of rotatable bonds is 2. The lowest BCUT2D eigenvalue weighted by atomic mass is 10.2. The summed E-state index contributed by atoms with van der Waals surface area (Å²) in [6, 6.07) is 6.65. The number of hydrogen-bond acceptors (Lipinski definition) is 5. The minimum Gasteiger partial charge on any atom is -0.372 e.